The van der Waals surface area contributed by atoms with E-state index in [1.165, 1.54) is 19.1 Å². The zero-order chi connectivity index (χ0) is 15.6. The lowest BCUT2D eigenvalue weighted by molar-refractivity contribution is -0.167. The third-order valence-electron chi connectivity index (χ3n) is 2.31. The van der Waals surface area contributed by atoms with E-state index >= 15 is 0 Å². The standard InChI is InChI=1S/C11H9BF6NO/c1-7-3-2-4-9(19-10(20)11(13,14)15)8(7)5-6-12(16,17)18/h2-6H,1H3,(H,19,20)/q-1/b6-5+. The number of anilines is 1. The minimum Gasteiger partial charge on any atom is -0.445 e. The first kappa shape index (κ1) is 16.1. The van der Waals surface area contributed by atoms with E-state index in [-0.39, 0.29) is 17.2 Å². The molecule has 0 saturated heterocycles. The fourth-order valence-corrected chi connectivity index (χ4v) is 1.41. The van der Waals surface area contributed by atoms with Gasteiger partial charge in [-0.15, -0.1) is 5.98 Å². The summed E-state index contributed by atoms with van der Waals surface area (Å²) in [7, 11) is 0. The van der Waals surface area contributed by atoms with Crippen LogP contribution >= 0.6 is 0 Å². The Balaban J connectivity index is 3.13. The first-order valence-corrected chi connectivity index (χ1v) is 5.38. The van der Waals surface area contributed by atoms with Gasteiger partial charge in [-0.25, -0.2) is 0 Å². The molecule has 1 aromatic carbocycles. The van der Waals surface area contributed by atoms with Gasteiger partial charge >= 0.3 is 19.1 Å². The minimum atomic E-state index is -5.22. The van der Waals surface area contributed by atoms with E-state index in [0.29, 0.717) is 11.6 Å². The van der Waals surface area contributed by atoms with Crippen LogP contribution in [0.25, 0.3) is 6.08 Å². The molecule has 0 aromatic heterocycles. The Morgan fingerprint density at radius 3 is 2.35 bits per heavy atom. The number of aryl methyl sites for hydroxylation is 1. The average Bonchev–Trinajstić information content (AvgIpc) is 2.25. The molecule has 1 aromatic rings. The Hall–Kier alpha value is -1.93. The van der Waals surface area contributed by atoms with E-state index in [2.05, 4.69) is 0 Å². The molecule has 110 valence electrons. The normalized spacial score (nSPS) is 12.8. The lowest BCUT2D eigenvalue weighted by Gasteiger charge is -2.13. The smallest absolute Gasteiger partial charge is 0.445 e. The van der Waals surface area contributed by atoms with Crippen molar-refractivity contribution in [3.63, 3.8) is 0 Å². The van der Waals surface area contributed by atoms with Crippen LogP contribution in [-0.4, -0.2) is 19.1 Å². The van der Waals surface area contributed by atoms with E-state index in [4.69, 9.17) is 0 Å². The van der Waals surface area contributed by atoms with Crippen LogP contribution in [0.15, 0.2) is 24.2 Å². The van der Waals surface area contributed by atoms with Gasteiger partial charge in [-0.1, -0.05) is 18.2 Å². The Labute approximate surface area is 110 Å². The second kappa shape index (κ2) is 5.60. The van der Waals surface area contributed by atoms with Crippen LogP contribution in [0.3, 0.4) is 0 Å². The zero-order valence-electron chi connectivity index (χ0n) is 10.1. The van der Waals surface area contributed by atoms with Crippen molar-refractivity contribution < 1.29 is 30.9 Å². The van der Waals surface area contributed by atoms with Gasteiger partial charge in [-0.05, 0) is 24.1 Å². The lowest BCUT2D eigenvalue weighted by atomic mass is 9.89. The quantitative estimate of drug-likeness (QED) is 0.665. The highest BCUT2D eigenvalue weighted by Gasteiger charge is 2.38. The summed E-state index contributed by atoms with van der Waals surface area (Å²) in [5.74, 6) is -2.29. The number of rotatable bonds is 3. The van der Waals surface area contributed by atoms with Crippen molar-refractivity contribution in [3.05, 3.63) is 35.3 Å². The number of hydrogen-bond donors (Lipinski definition) is 1. The van der Waals surface area contributed by atoms with Crippen LogP contribution < -0.4 is 5.32 Å². The molecule has 9 heteroatoms. The molecule has 1 N–H and O–H groups in total. The third kappa shape index (κ3) is 4.63. The van der Waals surface area contributed by atoms with Gasteiger partial charge in [0.15, 0.2) is 0 Å². The lowest BCUT2D eigenvalue weighted by Crippen LogP contribution is -2.30. The summed E-state index contributed by atoms with van der Waals surface area (Å²) in [5, 5.41) is 1.55. The molecule has 1 rings (SSSR count). The second-order valence-electron chi connectivity index (χ2n) is 3.97. The molecule has 20 heavy (non-hydrogen) atoms. The summed E-state index contributed by atoms with van der Waals surface area (Å²) < 4.78 is 72.9. The Bertz CT molecular complexity index is 535. The molecule has 0 saturated carbocycles. The maximum atomic E-state index is 12.2. The van der Waals surface area contributed by atoms with Gasteiger partial charge < -0.3 is 18.3 Å². The number of nitrogens with one attached hydrogen (secondary N) is 1. The van der Waals surface area contributed by atoms with Gasteiger partial charge in [-0.3, -0.25) is 4.79 Å². The summed E-state index contributed by atoms with van der Waals surface area (Å²) in [5.41, 5.74) is -0.144. The molecule has 0 aliphatic heterocycles. The molecule has 0 bridgehead atoms. The van der Waals surface area contributed by atoms with Crippen molar-refractivity contribution in [2.45, 2.75) is 13.1 Å². The highest BCUT2D eigenvalue weighted by molar-refractivity contribution is 6.65. The molecule has 0 spiro atoms. The van der Waals surface area contributed by atoms with E-state index in [9.17, 15) is 30.9 Å². The van der Waals surface area contributed by atoms with E-state index in [1.807, 2.05) is 0 Å². The van der Waals surface area contributed by atoms with Crippen molar-refractivity contribution >= 4 is 24.6 Å². The maximum Gasteiger partial charge on any atom is 0.502 e. The van der Waals surface area contributed by atoms with Gasteiger partial charge in [0.25, 0.3) is 0 Å². The molecule has 0 unspecified atom stereocenters. The van der Waals surface area contributed by atoms with Crippen molar-refractivity contribution in [1.82, 2.24) is 0 Å². The monoisotopic (exact) mass is 296 g/mol. The second-order valence-corrected chi connectivity index (χ2v) is 3.97. The summed E-state index contributed by atoms with van der Waals surface area (Å²) in [4.78, 5) is 10.8. The fraction of sp³-hybridized carbons (Fsp3) is 0.182. The first-order chi connectivity index (χ1) is 9.00. The van der Waals surface area contributed by atoms with Crippen LogP contribution in [-0.2, 0) is 4.79 Å². The van der Waals surface area contributed by atoms with Crippen LogP contribution in [0.4, 0.5) is 31.8 Å². The summed E-state index contributed by atoms with van der Waals surface area (Å²) in [6.07, 6.45) is -4.47. The van der Waals surface area contributed by atoms with Crippen LogP contribution in [0, 0.1) is 6.92 Å². The number of alkyl halides is 3. The summed E-state index contributed by atoms with van der Waals surface area (Å²) >= 11 is 0. The number of halogens is 6. The van der Waals surface area contributed by atoms with Gasteiger partial charge in [0.2, 0.25) is 0 Å². The summed E-state index contributed by atoms with van der Waals surface area (Å²) in [6, 6.07) is 3.85. The minimum absolute atomic E-state index is 0.0500. The van der Waals surface area contributed by atoms with Crippen molar-refractivity contribution in [3.8, 4) is 0 Å². The van der Waals surface area contributed by atoms with Gasteiger partial charge in [0, 0.05) is 5.69 Å². The Morgan fingerprint density at radius 2 is 1.85 bits per heavy atom. The van der Waals surface area contributed by atoms with Gasteiger partial charge in [0.1, 0.15) is 0 Å². The van der Waals surface area contributed by atoms with E-state index in [0.717, 1.165) is 6.07 Å². The Morgan fingerprint density at radius 1 is 1.25 bits per heavy atom. The predicted molar refractivity (Wildman–Crippen MR) is 64.0 cm³/mol. The van der Waals surface area contributed by atoms with Gasteiger partial charge in [-0.2, -0.15) is 13.2 Å². The first-order valence-electron chi connectivity index (χ1n) is 5.38. The van der Waals surface area contributed by atoms with E-state index < -0.39 is 19.1 Å². The van der Waals surface area contributed by atoms with Crippen LogP contribution in [0.5, 0.6) is 0 Å². The SMILES string of the molecule is Cc1cccc(NC(=O)C(F)(F)F)c1/C=C/[B-](F)(F)F. The fourth-order valence-electron chi connectivity index (χ4n) is 1.41. The highest BCUT2D eigenvalue weighted by Crippen LogP contribution is 2.25. The number of benzene rings is 1. The van der Waals surface area contributed by atoms with Crippen LogP contribution in [0.1, 0.15) is 11.1 Å². The highest BCUT2D eigenvalue weighted by atomic mass is 19.4. The molecule has 0 radical (unpaired) electrons. The molecular formula is C11H9BF6NO-. The molecule has 0 atom stereocenters. The molecule has 0 aliphatic carbocycles. The summed E-state index contributed by atoms with van der Waals surface area (Å²) in [6.45, 7) is -3.80. The maximum absolute atomic E-state index is 12.2. The van der Waals surface area contributed by atoms with Crippen molar-refractivity contribution in [2.24, 2.45) is 0 Å². The largest absolute Gasteiger partial charge is 0.502 e. The molecule has 1 amide bonds. The number of amides is 1. The zero-order valence-corrected chi connectivity index (χ0v) is 10.1. The predicted octanol–water partition coefficient (Wildman–Crippen LogP) is 3.90. The van der Waals surface area contributed by atoms with Crippen molar-refractivity contribution in [2.75, 3.05) is 5.32 Å². The molecule has 2 nitrogen and oxygen atoms in total. The molecule has 0 aliphatic rings. The molecular weight excluding hydrogens is 287 g/mol. The topological polar surface area (TPSA) is 29.1 Å². The van der Waals surface area contributed by atoms with E-state index in [1.54, 1.807) is 5.32 Å². The third-order valence-corrected chi connectivity index (χ3v) is 2.31. The number of hydrogen-bond acceptors (Lipinski definition) is 1. The Kier molecular flexibility index (Phi) is 4.51. The molecule has 0 heterocycles. The number of carbonyl (C=O) groups is 1. The van der Waals surface area contributed by atoms with Crippen molar-refractivity contribution in [1.29, 1.82) is 0 Å². The molecule has 0 fully saturated rings. The van der Waals surface area contributed by atoms with Gasteiger partial charge in [0.05, 0.1) is 0 Å². The number of carbonyl (C=O) groups excluding carboxylic acids is 1. The average molecular weight is 296 g/mol. The van der Waals surface area contributed by atoms with Crippen LogP contribution in [0.2, 0.25) is 0 Å².